The molecule has 0 aliphatic heterocycles. The van der Waals surface area contributed by atoms with Crippen molar-refractivity contribution < 1.29 is 4.79 Å². The molecular formula is C9H12N2OS. The molecule has 0 spiro atoms. The van der Waals surface area contributed by atoms with Crippen molar-refractivity contribution in [3.63, 3.8) is 0 Å². The molecule has 0 aliphatic rings. The Hall–Kier alpha value is -1.29. The Kier molecular flexibility index (Phi) is 3.08. The number of allylic oxidation sites excluding steroid dienone is 1. The molecule has 0 bridgehead atoms. The van der Waals surface area contributed by atoms with Crippen LogP contribution in [0.25, 0.3) is 0 Å². The molecule has 1 aromatic rings. The summed E-state index contributed by atoms with van der Waals surface area (Å²) in [7, 11) is 1.59. The summed E-state index contributed by atoms with van der Waals surface area (Å²) in [4.78, 5) is 12.9. The minimum absolute atomic E-state index is 0.127. The quantitative estimate of drug-likeness (QED) is 0.718. The van der Waals surface area contributed by atoms with E-state index in [9.17, 15) is 4.79 Å². The van der Waals surface area contributed by atoms with Gasteiger partial charge in [-0.1, -0.05) is 6.08 Å². The van der Waals surface area contributed by atoms with E-state index >= 15 is 0 Å². The van der Waals surface area contributed by atoms with Crippen molar-refractivity contribution in [2.75, 3.05) is 12.8 Å². The third-order valence-electron chi connectivity index (χ3n) is 1.59. The molecule has 0 saturated carbocycles. The van der Waals surface area contributed by atoms with Gasteiger partial charge >= 0.3 is 0 Å². The number of nitrogens with one attached hydrogen (secondary N) is 1. The first-order valence-corrected chi connectivity index (χ1v) is 4.71. The van der Waals surface area contributed by atoms with Gasteiger partial charge in [0.2, 0.25) is 0 Å². The molecule has 0 fully saturated rings. The van der Waals surface area contributed by atoms with E-state index in [1.807, 2.05) is 6.07 Å². The molecule has 1 aromatic heterocycles. The maximum atomic E-state index is 11.2. The topological polar surface area (TPSA) is 55.1 Å². The summed E-state index contributed by atoms with van der Waals surface area (Å²) in [5.41, 5.74) is 6.21. The van der Waals surface area contributed by atoms with Gasteiger partial charge in [-0.05, 0) is 12.5 Å². The first kappa shape index (κ1) is 9.80. The molecule has 1 amide bonds. The smallest absolute Gasteiger partial charge is 0.263 e. The van der Waals surface area contributed by atoms with Gasteiger partial charge in [-0.25, -0.2) is 0 Å². The zero-order valence-corrected chi connectivity index (χ0v) is 8.28. The van der Waals surface area contributed by atoms with Crippen LogP contribution >= 0.6 is 11.3 Å². The molecular weight excluding hydrogens is 184 g/mol. The van der Waals surface area contributed by atoms with E-state index in [2.05, 4.69) is 11.9 Å². The number of anilines is 1. The van der Waals surface area contributed by atoms with Crippen molar-refractivity contribution in [3.05, 3.63) is 28.5 Å². The van der Waals surface area contributed by atoms with Crippen LogP contribution in [0.3, 0.4) is 0 Å². The Labute approximate surface area is 81.3 Å². The Morgan fingerprint density at radius 2 is 2.54 bits per heavy atom. The summed E-state index contributed by atoms with van der Waals surface area (Å²) in [6.45, 7) is 3.63. The summed E-state index contributed by atoms with van der Waals surface area (Å²) in [5.74, 6) is -0.127. The number of carbonyl (C=O) groups excluding carboxylic acids is 1. The number of carbonyl (C=O) groups is 1. The van der Waals surface area contributed by atoms with Crippen LogP contribution < -0.4 is 11.1 Å². The number of amides is 1. The lowest BCUT2D eigenvalue weighted by Crippen LogP contribution is -2.17. The molecule has 3 nitrogen and oxygen atoms in total. The molecule has 70 valence electrons. The Bertz CT molecular complexity index is 330. The molecule has 1 rings (SSSR count). The van der Waals surface area contributed by atoms with Crippen molar-refractivity contribution in [2.45, 2.75) is 6.42 Å². The van der Waals surface area contributed by atoms with Crippen LogP contribution in [0, 0.1) is 0 Å². The van der Waals surface area contributed by atoms with Crippen LogP contribution in [-0.4, -0.2) is 13.0 Å². The van der Waals surface area contributed by atoms with Gasteiger partial charge in [0, 0.05) is 11.9 Å². The van der Waals surface area contributed by atoms with Crippen LogP contribution in [0.1, 0.15) is 14.5 Å². The van der Waals surface area contributed by atoms with Crippen LogP contribution in [0.15, 0.2) is 18.7 Å². The maximum Gasteiger partial charge on any atom is 0.263 e. The highest BCUT2D eigenvalue weighted by Crippen LogP contribution is 2.24. The van der Waals surface area contributed by atoms with E-state index in [1.54, 1.807) is 13.1 Å². The van der Waals surface area contributed by atoms with Gasteiger partial charge in [0.1, 0.15) is 4.88 Å². The van der Waals surface area contributed by atoms with Crippen molar-refractivity contribution in [2.24, 2.45) is 0 Å². The Morgan fingerprint density at radius 3 is 3.08 bits per heavy atom. The fraction of sp³-hybridized carbons (Fsp3) is 0.222. The molecule has 0 aliphatic carbocycles. The molecule has 3 N–H and O–H groups in total. The molecule has 0 atom stereocenters. The first-order chi connectivity index (χ1) is 6.19. The Morgan fingerprint density at radius 1 is 1.85 bits per heavy atom. The summed E-state index contributed by atoms with van der Waals surface area (Å²) < 4.78 is 0. The lowest BCUT2D eigenvalue weighted by molar-refractivity contribution is 0.0968. The number of nitrogen functional groups attached to an aromatic ring is 1. The van der Waals surface area contributed by atoms with Gasteiger partial charge in [0.25, 0.3) is 5.91 Å². The van der Waals surface area contributed by atoms with Crippen LogP contribution in [0.4, 0.5) is 5.69 Å². The number of hydrogen-bond donors (Lipinski definition) is 2. The average molecular weight is 196 g/mol. The molecule has 4 heteroatoms. The largest absolute Gasteiger partial charge is 0.397 e. The van der Waals surface area contributed by atoms with E-state index in [1.165, 1.54) is 11.3 Å². The lowest BCUT2D eigenvalue weighted by atomic mass is 10.3. The monoisotopic (exact) mass is 196 g/mol. The van der Waals surface area contributed by atoms with Gasteiger partial charge < -0.3 is 11.1 Å². The SMILES string of the molecule is C=CCc1cc(N)c(C(=O)NC)s1. The number of nitrogens with two attached hydrogens (primary N) is 1. The van der Waals surface area contributed by atoms with E-state index in [4.69, 9.17) is 5.73 Å². The summed E-state index contributed by atoms with van der Waals surface area (Å²) >= 11 is 1.41. The second-order valence-corrected chi connectivity index (χ2v) is 3.71. The minimum atomic E-state index is -0.127. The van der Waals surface area contributed by atoms with Crippen LogP contribution in [-0.2, 0) is 6.42 Å². The number of hydrogen-bond acceptors (Lipinski definition) is 3. The standard InChI is InChI=1S/C9H12N2OS/c1-3-4-6-5-7(10)8(13-6)9(12)11-2/h3,5H,1,4,10H2,2H3,(H,11,12). The molecule has 0 radical (unpaired) electrons. The van der Waals surface area contributed by atoms with Gasteiger partial charge in [-0.15, -0.1) is 17.9 Å². The second-order valence-electron chi connectivity index (χ2n) is 2.57. The van der Waals surface area contributed by atoms with Crippen molar-refractivity contribution in [1.82, 2.24) is 5.32 Å². The number of thiophene rings is 1. The van der Waals surface area contributed by atoms with Crippen LogP contribution in [0.2, 0.25) is 0 Å². The third kappa shape index (κ3) is 2.09. The first-order valence-electron chi connectivity index (χ1n) is 3.90. The fourth-order valence-electron chi connectivity index (χ4n) is 0.992. The van der Waals surface area contributed by atoms with Gasteiger partial charge in [-0.2, -0.15) is 0 Å². The molecule has 0 saturated heterocycles. The van der Waals surface area contributed by atoms with Crippen molar-refractivity contribution in [3.8, 4) is 0 Å². The lowest BCUT2D eigenvalue weighted by Gasteiger charge is -1.95. The third-order valence-corrected chi connectivity index (χ3v) is 2.76. The fourth-order valence-corrected chi connectivity index (χ4v) is 2.01. The average Bonchev–Trinajstić information content (AvgIpc) is 2.46. The van der Waals surface area contributed by atoms with Gasteiger partial charge in [0.05, 0.1) is 5.69 Å². The predicted molar refractivity (Wildman–Crippen MR) is 56.0 cm³/mol. The second kappa shape index (κ2) is 4.09. The van der Waals surface area contributed by atoms with Crippen molar-refractivity contribution >= 4 is 22.9 Å². The predicted octanol–water partition coefficient (Wildman–Crippen LogP) is 1.42. The zero-order chi connectivity index (χ0) is 9.84. The van der Waals surface area contributed by atoms with E-state index in [0.717, 1.165) is 11.3 Å². The highest BCUT2D eigenvalue weighted by molar-refractivity contribution is 7.14. The van der Waals surface area contributed by atoms with Crippen LogP contribution in [0.5, 0.6) is 0 Å². The zero-order valence-electron chi connectivity index (χ0n) is 7.46. The highest BCUT2D eigenvalue weighted by Gasteiger charge is 2.11. The van der Waals surface area contributed by atoms with E-state index in [-0.39, 0.29) is 5.91 Å². The molecule has 0 aromatic carbocycles. The van der Waals surface area contributed by atoms with Gasteiger partial charge in [0.15, 0.2) is 0 Å². The molecule has 0 unspecified atom stereocenters. The highest BCUT2D eigenvalue weighted by atomic mass is 32.1. The Balaban J connectivity index is 2.95. The van der Waals surface area contributed by atoms with Crippen molar-refractivity contribution in [1.29, 1.82) is 0 Å². The minimum Gasteiger partial charge on any atom is -0.397 e. The van der Waals surface area contributed by atoms with E-state index < -0.39 is 0 Å². The van der Waals surface area contributed by atoms with E-state index in [0.29, 0.717) is 10.6 Å². The van der Waals surface area contributed by atoms with Gasteiger partial charge in [-0.3, -0.25) is 4.79 Å². The molecule has 13 heavy (non-hydrogen) atoms. The summed E-state index contributed by atoms with van der Waals surface area (Å²) in [6.07, 6.45) is 2.55. The summed E-state index contributed by atoms with van der Waals surface area (Å²) in [6, 6.07) is 1.82. The molecule has 1 heterocycles. The maximum absolute atomic E-state index is 11.2. The normalized spacial score (nSPS) is 9.62. The number of rotatable bonds is 3. The summed E-state index contributed by atoms with van der Waals surface area (Å²) in [5, 5.41) is 2.54.